The molecule has 1 aromatic rings. The van der Waals surface area contributed by atoms with E-state index in [1.165, 1.54) is 4.90 Å². The third kappa shape index (κ3) is 2.08. The predicted molar refractivity (Wildman–Crippen MR) is 50.1 cm³/mol. The highest BCUT2D eigenvalue weighted by molar-refractivity contribution is 8.32. The first-order chi connectivity index (χ1) is 5.00. The fourth-order valence-electron chi connectivity index (χ4n) is 0.642. The van der Waals surface area contributed by atoms with Gasteiger partial charge in [0.25, 0.3) is 0 Å². The smallest absolute Gasteiger partial charge is 0.219 e. The standard InChI is InChI=1S/C7H13N3S/c1-11(2,3)6-4-9-7(8)10-5-6/h4-5H,1-3H3,(H2,8,9,10). The largest absolute Gasteiger partial charge is 0.368 e. The molecule has 4 heteroatoms. The number of nitrogen functional groups attached to an aromatic ring is 1. The zero-order chi connectivity index (χ0) is 8.48. The minimum Gasteiger partial charge on any atom is -0.368 e. The van der Waals surface area contributed by atoms with Gasteiger partial charge in [-0.1, -0.05) is 0 Å². The molecule has 1 rings (SSSR count). The van der Waals surface area contributed by atoms with Crippen LogP contribution < -0.4 is 5.73 Å². The first-order valence-corrected chi connectivity index (χ1v) is 6.12. The molecule has 2 N–H and O–H groups in total. The summed E-state index contributed by atoms with van der Waals surface area (Å²) >= 11 is 0. The SMILES string of the molecule is CS(C)(C)c1cnc(N)nc1. The maximum absolute atomic E-state index is 5.36. The molecule has 0 aliphatic rings. The molecule has 0 aromatic carbocycles. The molecule has 1 aromatic heterocycles. The van der Waals surface area contributed by atoms with Gasteiger partial charge in [-0.05, 0) is 18.8 Å². The second-order valence-corrected chi connectivity index (χ2v) is 7.26. The third-order valence-electron chi connectivity index (χ3n) is 1.36. The van der Waals surface area contributed by atoms with Gasteiger partial charge in [-0.25, -0.2) is 20.0 Å². The molecule has 0 bridgehead atoms. The molecule has 0 saturated carbocycles. The maximum Gasteiger partial charge on any atom is 0.219 e. The van der Waals surface area contributed by atoms with Crippen LogP contribution in [-0.4, -0.2) is 28.7 Å². The van der Waals surface area contributed by atoms with E-state index in [4.69, 9.17) is 5.73 Å². The highest BCUT2D eigenvalue weighted by atomic mass is 32.3. The average Bonchev–Trinajstić information content (AvgIpc) is 1.86. The van der Waals surface area contributed by atoms with Crippen LogP contribution in [0.5, 0.6) is 0 Å². The van der Waals surface area contributed by atoms with Gasteiger partial charge < -0.3 is 5.73 Å². The van der Waals surface area contributed by atoms with E-state index in [2.05, 4.69) is 28.7 Å². The number of nitrogens with two attached hydrogens (primary N) is 1. The highest BCUT2D eigenvalue weighted by Crippen LogP contribution is 2.43. The molecule has 0 amide bonds. The number of hydrogen-bond acceptors (Lipinski definition) is 3. The molecule has 11 heavy (non-hydrogen) atoms. The number of anilines is 1. The highest BCUT2D eigenvalue weighted by Gasteiger charge is 2.07. The van der Waals surface area contributed by atoms with Gasteiger partial charge in [0.15, 0.2) is 0 Å². The Morgan fingerprint density at radius 1 is 1.18 bits per heavy atom. The molecule has 62 valence electrons. The predicted octanol–water partition coefficient (Wildman–Crippen LogP) is 1.11. The van der Waals surface area contributed by atoms with Gasteiger partial charge in [-0.3, -0.25) is 0 Å². The van der Waals surface area contributed by atoms with Crippen molar-refractivity contribution in [1.29, 1.82) is 0 Å². The van der Waals surface area contributed by atoms with Crippen molar-refractivity contribution in [2.45, 2.75) is 4.90 Å². The number of rotatable bonds is 1. The van der Waals surface area contributed by atoms with Gasteiger partial charge in [0.1, 0.15) is 0 Å². The van der Waals surface area contributed by atoms with Gasteiger partial charge in [0.05, 0.1) is 0 Å². The van der Waals surface area contributed by atoms with Crippen molar-refractivity contribution in [2.24, 2.45) is 0 Å². The van der Waals surface area contributed by atoms with Gasteiger partial charge >= 0.3 is 0 Å². The van der Waals surface area contributed by atoms with Crippen LogP contribution in [0.3, 0.4) is 0 Å². The first-order valence-electron chi connectivity index (χ1n) is 3.26. The van der Waals surface area contributed by atoms with E-state index in [9.17, 15) is 0 Å². The zero-order valence-corrected chi connectivity index (χ0v) is 7.85. The topological polar surface area (TPSA) is 51.8 Å². The van der Waals surface area contributed by atoms with Crippen molar-refractivity contribution >= 4 is 16.0 Å². The second kappa shape index (κ2) is 2.70. The summed E-state index contributed by atoms with van der Waals surface area (Å²) in [4.78, 5) is 9.05. The van der Waals surface area contributed by atoms with Gasteiger partial charge in [-0.15, -0.1) is 0 Å². The second-order valence-electron chi connectivity index (χ2n) is 3.11. The van der Waals surface area contributed by atoms with E-state index in [-0.39, 0.29) is 0 Å². The van der Waals surface area contributed by atoms with Crippen LogP contribution in [-0.2, 0) is 0 Å². The summed E-state index contributed by atoms with van der Waals surface area (Å²) in [6.07, 6.45) is 10.2. The summed E-state index contributed by atoms with van der Waals surface area (Å²) in [7, 11) is -0.700. The van der Waals surface area contributed by atoms with Gasteiger partial charge in [-0.2, -0.15) is 0 Å². The van der Waals surface area contributed by atoms with Crippen LogP contribution in [0.1, 0.15) is 0 Å². The monoisotopic (exact) mass is 171 g/mol. The van der Waals surface area contributed by atoms with E-state index >= 15 is 0 Å². The first kappa shape index (κ1) is 8.33. The van der Waals surface area contributed by atoms with Crippen molar-refractivity contribution in [3.8, 4) is 0 Å². The quantitative estimate of drug-likeness (QED) is 0.688. The summed E-state index contributed by atoms with van der Waals surface area (Å²) in [5.74, 6) is 0.345. The molecule has 0 unspecified atom stereocenters. The molecule has 3 nitrogen and oxygen atoms in total. The number of aromatic nitrogens is 2. The van der Waals surface area contributed by atoms with E-state index in [0.29, 0.717) is 5.95 Å². The van der Waals surface area contributed by atoms with Crippen molar-refractivity contribution in [3.05, 3.63) is 12.4 Å². The zero-order valence-electron chi connectivity index (χ0n) is 7.03. The Balaban J connectivity index is 2.99. The molecule has 0 aliphatic heterocycles. The van der Waals surface area contributed by atoms with E-state index in [0.717, 1.165) is 0 Å². The van der Waals surface area contributed by atoms with Crippen LogP contribution >= 0.6 is 10.0 Å². The lowest BCUT2D eigenvalue weighted by Crippen LogP contribution is -1.98. The molecule has 1 heterocycles. The van der Waals surface area contributed by atoms with Crippen molar-refractivity contribution in [2.75, 3.05) is 24.5 Å². The Kier molecular flexibility index (Phi) is 2.04. The third-order valence-corrected chi connectivity index (χ3v) is 2.98. The Morgan fingerprint density at radius 2 is 1.64 bits per heavy atom. The van der Waals surface area contributed by atoms with Crippen LogP contribution in [0.25, 0.3) is 0 Å². The summed E-state index contributed by atoms with van der Waals surface area (Å²) in [6.45, 7) is 0. The summed E-state index contributed by atoms with van der Waals surface area (Å²) < 4.78 is 0. The molecule has 0 atom stereocenters. The molecular formula is C7H13N3S. The fraction of sp³-hybridized carbons (Fsp3) is 0.429. The van der Waals surface area contributed by atoms with E-state index < -0.39 is 10.0 Å². The molecule has 0 fully saturated rings. The van der Waals surface area contributed by atoms with Gasteiger partial charge in [0, 0.05) is 17.3 Å². The molecule has 0 spiro atoms. The van der Waals surface area contributed by atoms with Crippen molar-refractivity contribution < 1.29 is 0 Å². The summed E-state index contributed by atoms with van der Waals surface area (Å²) in [6, 6.07) is 0. The lowest BCUT2D eigenvalue weighted by molar-refractivity contribution is 1.11. The molecule has 0 saturated heterocycles. The van der Waals surface area contributed by atoms with Crippen LogP contribution in [0, 0.1) is 0 Å². The van der Waals surface area contributed by atoms with E-state index in [1.54, 1.807) is 12.4 Å². The van der Waals surface area contributed by atoms with E-state index in [1.807, 2.05) is 0 Å². The molecule has 0 radical (unpaired) electrons. The number of hydrogen-bond donors (Lipinski definition) is 1. The number of nitrogens with zero attached hydrogens (tertiary/aromatic N) is 2. The summed E-state index contributed by atoms with van der Waals surface area (Å²) in [5, 5.41) is 0. The minimum absolute atomic E-state index is 0.345. The van der Waals surface area contributed by atoms with Crippen LogP contribution in [0.4, 0.5) is 5.95 Å². The lowest BCUT2D eigenvalue weighted by atomic mass is 10.7. The Bertz CT molecular complexity index is 237. The van der Waals surface area contributed by atoms with Crippen LogP contribution in [0.2, 0.25) is 0 Å². The average molecular weight is 171 g/mol. The fourth-order valence-corrected chi connectivity index (χ4v) is 1.38. The summed E-state index contributed by atoms with van der Waals surface area (Å²) in [5.41, 5.74) is 5.36. The lowest BCUT2D eigenvalue weighted by Gasteiger charge is -2.24. The molecule has 0 aliphatic carbocycles. The Hall–Kier alpha value is -0.770. The Morgan fingerprint density at radius 3 is 2.00 bits per heavy atom. The molecular weight excluding hydrogens is 158 g/mol. The van der Waals surface area contributed by atoms with Crippen molar-refractivity contribution in [1.82, 2.24) is 9.97 Å². The van der Waals surface area contributed by atoms with Crippen LogP contribution in [0.15, 0.2) is 17.3 Å². The minimum atomic E-state index is -0.700. The van der Waals surface area contributed by atoms with Crippen molar-refractivity contribution in [3.63, 3.8) is 0 Å². The maximum atomic E-state index is 5.36. The van der Waals surface area contributed by atoms with Gasteiger partial charge in [0.2, 0.25) is 5.95 Å². The Labute approximate surface area is 68.4 Å². The normalized spacial score (nSPS) is 13.0.